The standard InChI is InChI=1S/C26H16N2OS4/c1-3-9-17(10-4-1)19-13-7-15-21-23(19)27-25(30-21)32-29-33-26-28-24-20(14-8-16-22(24)31-26)18-11-5-2-6-12-18/h1-16H. The van der Waals surface area contributed by atoms with Gasteiger partial charge in [0.1, 0.15) is 0 Å². The molecule has 0 amide bonds. The summed E-state index contributed by atoms with van der Waals surface area (Å²) in [6.45, 7) is 0. The molecule has 0 aliphatic heterocycles. The number of hydrogen-bond donors (Lipinski definition) is 0. The van der Waals surface area contributed by atoms with Gasteiger partial charge in [-0.1, -0.05) is 84.9 Å². The highest BCUT2D eigenvalue weighted by Gasteiger charge is 2.13. The smallest absolute Gasteiger partial charge is 0.179 e. The van der Waals surface area contributed by atoms with Gasteiger partial charge in [0.25, 0.3) is 0 Å². The largest absolute Gasteiger partial charge is 0.232 e. The molecule has 0 aliphatic rings. The third-order valence-electron chi connectivity index (χ3n) is 5.18. The minimum absolute atomic E-state index is 0.881. The molecular formula is C26H16N2OS4. The summed E-state index contributed by atoms with van der Waals surface area (Å²) in [5.74, 6) is 0. The van der Waals surface area contributed by atoms with Gasteiger partial charge >= 0.3 is 0 Å². The second kappa shape index (κ2) is 9.29. The molecule has 0 unspecified atom stereocenters. The van der Waals surface area contributed by atoms with E-state index in [-0.39, 0.29) is 0 Å². The molecule has 2 heterocycles. The van der Waals surface area contributed by atoms with Crippen LogP contribution in [0.1, 0.15) is 0 Å². The summed E-state index contributed by atoms with van der Waals surface area (Å²) in [7, 11) is 0. The van der Waals surface area contributed by atoms with Gasteiger partial charge in [0.2, 0.25) is 0 Å². The van der Waals surface area contributed by atoms with E-state index < -0.39 is 0 Å². The zero-order valence-electron chi connectivity index (χ0n) is 17.2. The summed E-state index contributed by atoms with van der Waals surface area (Å²) >= 11 is 5.87. The molecule has 0 N–H and O–H groups in total. The Balaban J connectivity index is 1.21. The van der Waals surface area contributed by atoms with Gasteiger partial charge < -0.3 is 0 Å². The number of nitrogens with zero attached hydrogens (tertiary/aromatic N) is 2. The van der Waals surface area contributed by atoms with Crippen molar-refractivity contribution in [2.24, 2.45) is 0 Å². The number of fused-ring (bicyclic) bond motifs is 2. The van der Waals surface area contributed by atoms with Crippen LogP contribution in [0.5, 0.6) is 0 Å². The Morgan fingerprint density at radius 2 is 0.970 bits per heavy atom. The first-order chi connectivity index (χ1) is 16.3. The molecule has 0 radical (unpaired) electrons. The SMILES string of the molecule is c1ccc(-c2cccc3sc(SOSc4nc5c(-c6ccccc6)cccc5s4)nc23)cc1. The summed E-state index contributed by atoms with van der Waals surface area (Å²) in [4.78, 5) is 9.69. The summed E-state index contributed by atoms with van der Waals surface area (Å²) < 4.78 is 9.95. The van der Waals surface area contributed by atoms with Crippen LogP contribution in [-0.4, -0.2) is 9.97 Å². The maximum atomic E-state index is 5.89. The van der Waals surface area contributed by atoms with E-state index in [0.29, 0.717) is 0 Å². The van der Waals surface area contributed by atoms with E-state index in [1.54, 1.807) is 22.7 Å². The highest BCUT2D eigenvalue weighted by atomic mass is 32.3. The van der Waals surface area contributed by atoms with Crippen molar-refractivity contribution in [2.75, 3.05) is 0 Å². The first-order valence-electron chi connectivity index (χ1n) is 10.3. The van der Waals surface area contributed by atoms with Gasteiger partial charge in [0.05, 0.1) is 44.5 Å². The van der Waals surface area contributed by atoms with Crippen LogP contribution >= 0.6 is 46.8 Å². The number of aromatic nitrogens is 2. The summed E-state index contributed by atoms with van der Waals surface area (Å²) in [5.41, 5.74) is 6.65. The summed E-state index contributed by atoms with van der Waals surface area (Å²) in [6.07, 6.45) is 0. The average molecular weight is 501 g/mol. The van der Waals surface area contributed by atoms with Crippen LogP contribution in [0.4, 0.5) is 0 Å². The van der Waals surface area contributed by atoms with Crippen LogP contribution < -0.4 is 0 Å². The number of rotatable bonds is 6. The van der Waals surface area contributed by atoms with E-state index in [0.717, 1.165) is 40.2 Å². The first kappa shape index (κ1) is 20.9. The predicted octanol–water partition coefficient (Wildman–Crippen LogP) is 8.97. The zero-order chi connectivity index (χ0) is 22.0. The van der Waals surface area contributed by atoms with Crippen LogP contribution in [0.25, 0.3) is 42.7 Å². The molecule has 6 aromatic rings. The Morgan fingerprint density at radius 1 is 0.515 bits per heavy atom. The molecule has 0 bridgehead atoms. The Hall–Kier alpha value is -2.68. The van der Waals surface area contributed by atoms with Gasteiger partial charge in [-0.25, -0.2) is 13.6 Å². The summed E-state index contributed by atoms with van der Waals surface area (Å²) in [6, 6.07) is 33.3. The molecule has 3 nitrogen and oxygen atoms in total. The normalized spacial score (nSPS) is 11.4. The topological polar surface area (TPSA) is 35.0 Å². The van der Waals surface area contributed by atoms with Crippen LogP contribution in [0.2, 0.25) is 0 Å². The van der Waals surface area contributed by atoms with Crippen molar-refractivity contribution in [1.82, 2.24) is 9.97 Å². The lowest BCUT2D eigenvalue weighted by Crippen LogP contribution is -1.80. The molecule has 0 saturated heterocycles. The van der Waals surface area contributed by atoms with Crippen LogP contribution in [0.15, 0.2) is 106 Å². The van der Waals surface area contributed by atoms with Crippen LogP contribution in [0.3, 0.4) is 0 Å². The quantitative estimate of drug-likeness (QED) is 0.213. The molecule has 0 aliphatic carbocycles. The van der Waals surface area contributed by atoms with Gasteiger partial charge in [0, 0.05) is 11.1 Å². The fraction of sp³-hybridized carbons (Fsp3) is 0. The molecular weight excluding hydrogens is 485 g/mol. The minimum atomic E-state index is 0.881. The maximum absolute atomic E-state index is 5.89. The molecule has 0 saturated carbocycles. The number of para-hydroxylation sites is 2. The molecule has 160 valence electrons. The van der Waals surface area contributed by atoms with E-state index in [9.17, 15) is 0 Å². The Morgan fingerprint density at radius 3 is 1.42 bits per heavy atom. The molecule has 0 atom stereocenters. The Bertz CT molecular complexity index is 1430. The minimum Gasteiger partial charge on any atom is -0.232 e. The second-order valence-corrected chi connectivity index (χ2v) is 11.5. The van der Waals surface area contributed by atoms with E-state index in [1.807, 2.05) is 12.1 Å². The molecule has 33 heavy (non-hydrogen) atoms. The number of thiazole rings is 2. The van der Waals surface area contributed by atoms with Crippen molar-refractivity contribution >= 4 is 67.2 Å². The third kappa shape index (κ3) is 4.30. The first-order valence-corrected chi connectivity index (χ1v) is 13.4. The lowest BCUT2D eigenvalue weighted by Gasteiger charge is -2.01. The van der Waals surface area contributed by atoms with Crippen molar-refractivity contribution in [3.8, 4) is 22.3 Å². The second-order valence-electron chi connectivity index (χ2n) is 7.23. The Kier molecular flexibility index (Phi) is 5.88. The van der Waals surface area contributed by atoms with E-state index in [2.05, 4.69) is 84.9 Å². The average Bonchev–Trinajstić information content (AvgIpc) is 3.48. The fourth-order valence-electron chi connectivity index (χ4n) is 3.70. The molecule has 7 heteroatoms. The summed E-state index contributed by atoms with van der Waals surface area (Å²) in [5, 5.41) is 0. The highest BCUT2D eigenvalue weighted by molar-refractivity contribution is 8.09. The molecule has 0 fully saturated rings. The lowest BCUT2D eigenvalue weighted by molar-refractivity contribution is 0.755. The maximum Gasteiger partial charge on any atom is 0.179 e. The zero-order valence-corrected chi connectivity index (χ0v) is 20.4. The van der Waals surface area contributed by atoms with E-state index in [4.69, 9.17) is 13.6 Å². The van der Waals surface area contributed by atoms with Gasteiger partial charge in [-0.15, -0.1) is 22.7 Å². The molecule has 0 spiro atoms. The predicted molar refractivity (Wildman–Crippen MR) is 143 cm³/mol. The van der Waals surface area contributed by atoms with Crippen molar-refractivity contribution in [3.05, 3.63) is 97.1 Å². The monoisotopic (exact) mass is 500 g/mol. The van der Waals surface area contributed by atoms with Gasteiger partial charge in [0.15, 0.2) is 8.68 Å². The lowest BCUT2D eigenvalue weighted by atomic mass is 10.1. The highest BCUT2D eigenvalue weighted by Crippen LogP contribution is 2.40. The van der Waals surface area contributed by atoms with Crippen molar-refractivity contribution in [3.63, 3.8) is 0 Å². The van der Waals surface area contributed by atoms with E-state index in [1.165, 1.54) is 35.2 Å². The van der Waals surface area contributed by atoms with Gasteiger partial charge in [-0.3, -0.25) is 0 Å². The number of benzene rings is 4. The van der Waals surface area contributed by atoms with Crippen molar-refractivity contribution in [2.45, 2.75) is 8.68 Å². The molecule has 6 rings (SSSR count). The van der Waals surface area contributed by atoms with Crippen LogP contribution in [0, 0.1) is 0 Å². The van der Waals surface area contributed by atoms with Crippen molar-refractivity contribution < 1.29 is 3.63 Å². The molecule has 2 aromatic heterocycles. The van der Waals surface area contributed by atoms with Gasteiger partial charge in [-0.05, 0) is 23.3 Å². The third-order valence-corrected chi connectivity index (χ3v) is 8.73. The fourth-order valence-corrected chi connectivity index (χ4v) is 7.32. The number of hydrogen-bond acceptors (Lipinski definition) is 7. The van der Waals surface area contributed by atoms with Crippen LogP contribution in [-0.2, 0) is 3.63 Å². The Labute approximate surface area is 207 Å². The van der Waals surface area contributed by atoms with Gasteiger partial charge in [-0.2, -0.15) is 0 Å². The van der Waals surface area contributed by atoms with E-state index >= 15 is 0 Å². The van der Waals surface area contributed by atoms with Crippen molar-refractivity contribution in [1.29, 1.82) is 0 Å². The molecule has 4 aromatic carbocycles.